The second-order valence-corrected chi connectivity index (χ2v) is 6.11. The van der Waals surface area contributed by atoms with Gasteiger partial charge in [0.15, 0.2) is 0 Å². The number of hydrogen-bond donors (Lipinski definition) is 1. The molecule has 0 aromatic heterocycles. The van der Waals surface area contributed by atoms with Crippen LogP contribution in [0.25, 0.3) is 0 Å². The maximum Gasteiger partial charge on any atom is 0.225 e. The van der Waals surface area contributed by atoms with Gasteiger partial charge in [-0.1, -0.05) is 13.8 Å². The summed E-state index contributed by atoms with van der Waals surface area (Å²) < 4.78 is 0. The maximum atomic E-state index is 12.4. The summed E-state index contributed by atoms with van der Waals surface area (Å²) in [7, 11) is 0. The molecule has 1 aliphatic carbocycles. The van der Waals surface area contributed by atoms with Gasteiger partial charge in [0, 0.05) is 25.0 Å². The molecule has 3 nitrogen and oxygen atoms in total. The average Bonchev–Trinajstić information content (AvgIpc) is 2.40. The zero-order valence-electron chi connectivity index (χ0n) is 12.0. The van der Waals surface area contributed by atoms with E-state index in [0.29, 0.717) is 17.9 Å². The van der Waals surface area contributed by atoms with E-state index in [0.717, 1.165) is 51.2 Å². The summed E-state index contributed by atoms with van der Waals surface area (Å²) in [4.78, 5) is 14.5. The summed E-state index contributed by atoms with van der Waals surface area (Å²) in [5.41, 5.74) is 0. The molecule has 2 aliphatic rings. The van der Waals surface area contributed by atoms with Gasteiger partial charge in [-0.05, 0) is 51.0 Å². The number of carbonyl (C=O) groups is 1. The zero-order valence-corrected chi connectivity index (χ0v) is 12.0. The van der Waals surface area contributed by atoms with E-state index >= 15 is 0 Å². The monoisotopic (exact) mass is 252 g/mol. The van der Waals surface area contributed by atoms with Gasteiger partial charge >= 0.3 is 0 Å². The second kappa shape index (κ2) is 6.55. The molecule has 0 unspecified atom stereocenters. The molecule has 0 aromatic carbocycles. The lowest BCUT2D eigenvalue weighted by Crippen LogP contribution is -2.47. The molecule has 1 saturated heterocycles. The third kappa shape index (κ3) is 3.47. The number of likely N-dealkylation sites (tertiary alicyclic amines) is 1. The van der Waals surface area contributed by atoms with Crippen LogP contribution in [0.4, 0.5) is 0 Å². The molecule has 1 heterocycles. The van der Waals surface area contributed by atoms with Crippen LogP contribution >= 0.6 is 0 Å². The van der Waals surface area contributed by atoms with Gasteiger partial charge in [-0.3, -0.25) is 4.79 Å². The average molecular weight is 252 g/mol. The van der Waals surface area contributed by atoms with Crippen molar-refractivity contribution in [3.05, 3.63) is 0 Å². The Bertz CT molecular complexity index is 264. The number of amides is 1. The Balaban J connectivity index is 1.77. The van der Waals surface area contributed by atoms with Gasteiger partial charge in [0.05, 0.1) is 0 Å². The van der Waals surface area contributed by atoms with Crippen LogP contribution in [0.3, 0.4) is 0 Å². The summed E-state index contributed by atoms with van der Waals surface area (Å²) in [5.74, 6) is 1.60. The Kier molecular flexibility index (Phi) is 5.04. The first-order chi connectivity index (χ1) is 8.70. The molecule has 1 saturated carbocycles. The van der Waals surface area contributed by atoms with Crippen LogP contribution in [-0.2, 0) is 4.79 Å². The van der Waals surface area contributed by atoms with Crippen molar-refractivity contribution >= 4 is 5.91 Å². The fourth-order valence-electron chi connectivity index (χ4n) is 3.36. The predicted molar refractivity (Wildman–Crippen MR) is 74.4 cm³/mol. The summed E-state index contributed by atoms with van der Waals surface area (Å²) >= 11 is 0. The van der Waals surface area contributed by atoms with E-state index in [1.165, 1.54) is 12.8 Å². The molecule has 0 radical (unpaired) electrons. The smallest absolute Gasteiger partial charge is 0.225 e. The molecule has 104 valence electrons. The van der Waals surface area contributed by atoms with Crippen molar-refractivity contribution in [1.29, 1.82) is 0 Å². The van der Waals surface area contributed by atoms with E-state index in [1.54, 1.807) is 0 Å². The summed E-state index contributed by atoms with van der Waals surface area (Å²) in [5, 5.41) is 3.49. The number of nitrogens with one attached hydrogen (secondary N) is 1. The van der Waals surface area contributed by atoms with Crippen LogP contribution in [0.15, 0.2) is 0 Å². The number of nitrogens with zero attached hydrogens (tertiary/aromatic N) is 1. The summed E-state index contributed by atoms with van der Waals surface area (Å²) in [6.45, 7) is 7.42. The molecule has 0 bridgehead atoms. The van der Waals surface area contributed by atoms with E-state index < -0.39 is 0 Å². The van der Waals surface area contributed by atoms with Crippen molar-refractivity contribution in [3.63, 3.8) is 0 Å². The summed E-state index contributed by atoms with van der Waals surface area (Å²) in [6, 6.07) is 0.630. The minimum atomic E-state index is 0.330. The first kappa shape index (κ1) is 13.9. The molecule has 3 heteroatoms. The van der Waals surface area contributed by atoms with Gasteiger partial charge < -0.3 is 10.2 Å². The lowest BCUT2D eigenvalue weighted by molar-refractivity contribution is -0.138. The molecule has 0 spiro atoms. The lowest BCUT2D eigenvalue weighted by Gasteiger charge is -2.36. The van der Waals surface area contributed by atoms with E-state index in [2.05, 4.69) is 24.1 Å². The molecule has 18 heavy (non-hydrogen) atoms. The highest BCUT2D eigenvalue weighted by Gasteiger charge is 2.30. The number of rotatable bonds is 3. The van der Waals surface area contributed by atoms with Crippen LogP contribution in [0.2, 0.25) is 0 Å². The SMILES string of the molecule is CCNC1CCN(C(=O)C2CCC(C)CC2)CC1. The van der Waals surface area contributed by atoms with E-state index in [1.807, 2.05) is 0 Å². The highest BCUT2D eigenvalue weighted by molar-refractivity contribution is 5.79. The van der Waals surface area contributed by atoms with Crippen LogP contribution < -0.4 is 5.32 Å². The molecule has 2 fully saturated rings. The van der Waals surface area contributed by atoms with Gasteiger partial charge in [0.25, 0.3) is 0 Å². The Morgan fingerprint density at radius 2 is 1.72 bits per heavy atom. The molecule has 1 amide bonds. The lowest BCUT2D eigenvalue weighted by atomic mass is 9.82. The molecule has 1 aliphatic heterocycles. The van der Waals surface area contributed by atoms with Crippen molar-refractivity contribution < 1.29 is 4.79 Å². The van der Waals surface area contributed by atoms with Gasteiger partial charge in [0.2, 0.25) is 5.91 Å². The van der Waals surface area contributed by atoms with Gasteiger partial charge in [-0.2, -0.15) is 0 Å². The van der Waals surface area contributed by atoms with Crippen LogP contribution in [0.5, 0.6) is 0 Å². The molecule has 2 rings (SSSR count). The Hall–Kier alpha value is -0.570. The van der Waals surface area contributed by atoms with Gasteiger partial charge in [-0.25, -0.2) is 0 Å². The highest BCUT2D eigenvalue weighted by atomic mass is 16.2. The number of piperidine rings is 1. The summed E-state index contributed by atoms with van der Waals surface area (Å²) in [6.07, 6.45) is 6.97. The quantitative estimate of drug-likeness (QED) is 0.836. The number of carbonyl (C=O) groups excluding carboxylic acids is 1. The Morgan fingerprint density at radius 1 is 1.11 bits per heavy atom. The van der Waals surface area contributed by atoms with Crippen LogP contribution in [-0.4, -0.2) is 36.5 Å². The minimum Gasteiger partial charge on any atom is -0.342 e. The van der Waals surface area contributed by atoms with Crippen molar-refractivity contribution in [2.45, 2.75) is 58.4 Å². The number of hydrogen-bond acceptors (Lipinski definition) is 2. The zero-order chi connectivity index (χ0) is 13.0. The largest absolute Gasteiger partial charge is 0.342 e. The van der Waals surface area contributed by atoms with Crippen LogP contribution in [0, 0.1) is 11.8 Å². The van der Waals surface area contributed by atoms with Gasteiger partial charge in [0.1, 0.15) is 0 Å². The molecular weight excluding hydrogens is 224 g/mol. The third-order valence-electron chi connectivity index (χ3n) is 4.66. The topological polar surface area (TPSA) is 32.3 Å². The second-order valence-electron chi connectivity index (χ2n) is 6.11. The maximum absolute atomic E-state index is 12.4. The molecule has 0 atom stereocenters. The molecular formula is C15H28N2O. The van der Waals surface area contributed by atoms with Crippen molar-refractivity contribution in [1.82, 2.24) is 10.2 Å². The standard InChI is InChI=1S/C15H28N2O/c1-3-16-14-8-10-17(11-9-14)15(18)13-6-4-12(2)5-7-13/h12-14,16H,3-11H2,1-2H3. The van der Waals surface area contributed by atoms with Crippen molar-refractivity contribution in [2.75, 3.05) is 19.6 Å². The van der Waals surface area contributed by atoms with E-state index in [4.69, 9.17) is 0 Å². The predicted octanol–water partition coefficient (Wildman–Crippen LogP) is 2.41. The molecule has 1 N–H and O–H groups in total. The van der Waals surface area contributed by atoms with E-state index in [-0.39, 0.29) is 0 Å². The highest BCUT2D eigenvalue weighted by Crippen LogP contribution is 2.30. The minimum absolute atomic E-state index is 0.330. The fourth-order valence-corrected chi connectivity index (χ4v) is 3.36. The van der Waals surface area contributed by atoms with Crippen molar-refractivity contribution in [3.8, 4) is 0 Å². The van der Waals surface area contributed by atoms with Crippen molar-refractivity contribution in [2.24, 2.45) is 11.8 Å². The van der Waals surface area contributed by atoms with Gasteiger partial charge in [-0.15, -0.1) is 0 Å². The Labute approximate surface area is 111 Å². The normalized spacial score (nSPS) is 30.4. The fraction of sp³-hybridized carbons (Fsp3) is 0.933. The Morgan fingerprint density at radius 3 is 2.28 bits per heavy atom. The molecule has 0 aromatic rings. The first-order valence-electron chi connectivity index (χ1n) is 7.73. The van der Waals surface area contributed by atoms with E-state index in [9.17, 15) is 4.79 Å². The third-order valence-corrected chi connectivity index (χ3v) is 4.66. The van der Waals surface area contributed by atoms with Crippen LogP contribution in [0.1, 0.15) is 52.4 Å². The first-order valence-corrected chi connectivity index (χ1v) is 7.73.